The van der Waals surface area contributed by atoms with Gasteiger partial charge in [0.15, 0.2) is 43.5 Å². The Morgan fingerprint density at radius 2 is 0.371 bits per heavy atom. The van der Waals surface area contributed by atoms with Crippen LogP contribution in [0.1, 0.15) is 0 Å². The molecule has 0 radical (unpaired) electrons. The minimum absolute atomic E-state index is 1.97. The lowest BCUT2D eigenvalue weighted by Gasteiger charge is -2.50. The van der Waals surface area contributed by atoms with Crippen LogP contribution in [-0.2, 0) is 223 Å². The van der Waals surface area contributed by atoms with E-state index in [4.69, 9.17) is 37.7 Å². The maximum absolute atomic E-state index is 12.9. The topological polar surface area (TPSA) is 912 Å². The van der Waals surface area contributed by atoms with E-state index in [0.717, 1.165) is 0 Å². The smallest absolute Gasteiger partial charge is 0.366 e. The zero-order valence-corrected chi connectivity index (χ0v) is 55.3. The third kappa shape index (κ3) is 31.5. The molecule has 0 aliphatic carbocycles. The second kappa shape index (κ2) is 31.8. The number of hydrogen-bond donors (Lipinski definition) is 14. The van der Waals surface area contributed by atoms with Crippen molar-refractivity contribution >= 4 is 135 Å². The Morgan fingerprint density at radius 1 is 0.206 bits per heavy atom. The minimum atomic E-state index is -6.85. The third-order valence-corrected chi connectivity index (χ3v) is 16.8. The summed E-state index contributed by atoms with van der Waals surface area (Å²) in [5.74, 6) is 0. The Hall–Kier alpha value is -2.01. The summed E-state index contributed by atoms with van der Waals surface area (Å²) in [4.78, 5) is 0. The molecule has 0 unspecified atom stereocenters. The highest BCUT2D eigenvalue weighted by Crippen LogP contribution is 2.41. The Morgan fingerprint density at radius 3 is 0.588 bits per heavy atom. The van der Waals surface area contributed by atoms with Gasteiger partial charge in [-0.1, -0.05) is 0 Å². The molecule has 60 nitrogen and oxygen atoms in total. The number of rotatable bonds is 36. The summed E-state index contributed by atoms with van der Waals surface area (Å²) in [6, 6.07) is 0. The SMILES string of the molecule is O=S(=O)(O)OC[C@H]1O[C@H](O[C@@H]2[C@H](OS(=O)(=O)O)[C@@H](O[C@@H]3[C@@H](OS(=O)(=O)O)[C@H](OS(=O)(=O)O)[C@@H](COS(=O)(=O)O)O[C@@H]3O)O[C@H](COS(=O)(=O)O)[C@H]2OS(=O)(=O)O)[C@@H](OS(=O)(=O)O)[C@@H](O[C@H]2O[C@H](COS(=O)(=O)O)[C@@H](OS(=O)(=O)O)[C@H](OS(=O)(=O)O)[C@@H]2OS(=O)(=O)O)[C@@H]1OS(=O)(=O)O. The maximum Gasteiger partial charge on any atom is 0.397 e. The second-order valence-corrected chi connectivity index (χ2v) is 31.5. The van der Waals surface area contributed by atoms with E-state index in [2.05, 4.69) is 54.4 Å². The first kappa shape index (κ1) is 87.4. The fourth-order valence-corrected chi connectivity index (χ4v) is 13.9. The van der Waals surface area contributed by atoms with E-state index < -0.39 is 284 Å². The van der Waals surface area contributed by atoms with Crippen molar-refractivity contribution in [2.45, 2.75) is 123 Å². The Labute approximate surface area is 542 Å². The van der Waals surface area contributed by atoms with Gasteiger partial charge in [0.1, 0.15) is 79.4 Å². The number of ether oxygens (including phenoxy) is 7. The van der Waals surface area contributed by atoms with Crippen molar-refractivity contribution < 1.29 is 261 Å². The van der Waals surface area contributed by atoms with Crippen LogP contribution in [0.2, 0.25) is 0 Å². The lowest BCUT2D eigenvalue weighted by atomic mass is 9.95. The van der Waals surface area contributed by atoms with Gasteiger partial charge in [-0.3, -0.25) is 59.2 Å². The van der Waals surface area contributed by atoms with Gasteiger partial charge in [-0.15, -0.1) is 0 Å². The molecule has 576 valence electrons. The molecule has 4 aliphatic heterocycles. The third-order valence-electron chi connectivity index (χ3n) is 10.9. The molecular formula is C24H42O60S13. The molecule has 4 aliphatic rings. The monoisotopic (exact) mass is 1710 g/mol. The van der Waals surface area contributed by atoms with Crippen molar-refractivity contribution in [3.8, 4) is 0 Å². The van der Waals surface area contributed by atoms with Crippen LogP contribution in [0.25, 0.3) is 0 Å². The first-order valence-electron chi connectivity index (χ1n) is 22.7. The maximum atomic E-state index is 12.9. The molecule has 0 amide bonds. The molecule has 0 aromatic heterocycles. The van der Waals surface area contributed by atoms with Gasteiger partial charge in [0.2, 0.25) is 0 Å². The lowest BCUT2D eigenvalue weighted by Crippen LogP contribution is -2.70. The van der Waals surface area contributed by atoms with Crippen LogP contribution in [0.5, 0.6) is 0 Å². The Kier molecular flexibility index (Phi) is 28.6. The summed E-state index contributed by atoms with van der Waals surface area (Å²) in [5, 5.41) is 11.2. The zero-order chi connectivity index (χ0) is 75.0. The van der Waals surface area contributed by atoms with E-state index in [9.17, 15) is 169 Å². The summed E-state index contributed by atoms with van der Waals surface area (Å²) in [6.07, 6.45) is -72.8. The van der Waals surface area contributed by atoms with Crippen molar-refractivity contribution in [3.05, 3.63) is 0 Å². The van der Waals surface area contributed by atoms with E-state index >= 15 is 0 Å². The van der Waals surface area contributed by atoms with Gasteiger partial charge in [0.25, 0.3) is 0 Å². The molecule has 4 rings (SSSR count). The molecule has 20 atom stereocenters. The van der Waals surface area contributed by atoms with Crippen LogP contribution in [0, 0.1) is 0 Å². The molecule has 73 heteroatoms. The van der Waals surface area contributed by atoms with Crippen LogP contribution in [0.15, 0.2) is 0 Å². The molecule has 97 heavy (non-hydrogen) atoms. The van der Waals surface area contributed by atoms with Crippen molar-refractivity contribution in [3.63, 3.8) is 0 Å². The molecule has 0 bridgehead atoms. The first-order chi connectivity index (χ1) is 43.0. The lowest BCUT2D eigenvalue weighted by molar-refractivity contribution is -0.382. The van der Waals surface area contributed by atoms with Gasteiger partial charge in [-0.05, 0) is 0 Å². The average Bonchev–Trinajstić information content (AvgIpc) is 0.758. The van der Waals surface area contributed by atoms with E-state index in [1.54, 1.807) is 0 Å². The van der Waals surface area contributed by atoms with Crippen LogP contribution in [0.4, 0.5) is 0 Å². The van der Waals surface area contributed by atoms with Gasteiger partial charge < -0.3 is 38.3 Å². The number of aliphatic hydroxyl groups excluding tert-OH is 1. The quantitative estimate of drug-likeness (QED) is 0.0259. The standard InChI is InChI=1S/C24H42O60S13/c25-21-17(15(80-93(50,51)52)11(78-91(44,45)46)5(69-21)1-65-85(26,27)28)75-23-19(83-96(59,60)61)14(10(77-90(41,42)43)7(71-23)3-67-87(32,33)34)73-22-18(82-95(56,57)58)13(9(76-89(38,39)40)6(70-22)2-66-86(29,30)31)74-24-20(84-97(62,63)64)16(81-94(53,54)55)12(79-92(47,48)49)8(72-24)4-68-88(35,36)37/h5-25H,1-4H2,(H,26,27,28)(H,29,30,31)(H,32,33,34)(H,35,36,37)(H,38,39,40)(H,41,42,43)(H,44,45,46)(H,47,48,49)(H,50,51,52)(H,53,54,55)(H,56,57,58)(H,59,60,61)(H,62,63,64)/t5-,6-,7-,8-,9-,10-,11-,12-,13+,14+,15+,16+,17-,18+,19+,20+,21+,22-,23-,24-/m1/s1. The summed E-state index contributed by atoms with van der Waals surface area (Å²) >= 11 is 0. The van der Waals surface area contributed by atoms with Gasteiger partial charge in [-0.25, -0.2) is 54.4 Å². The fraction of sp³-hybridized carbons (Fsp3) is 1.00. The van der Waals surface area contributed by atoms with Crippen molar-refractivity contribution in [1.82, 2.24) is 0 Å². The normalized spacial score (nSPS) is 33.1. The average molecular weight is 1710 g/mol. The van der Waals surface area contributed by atoms with Gasteiger partial charge >= 0.3 is 135 Å². The molecule has 4 heterocycles. The van der Waals surface area contributed by atoms with Crippen LogP contribution in [0.3, 0.4) is 0 Å². The van der Waals surface area contributed by atoms with E-state index in [-0.39, 0.29) is 0 Å². The molecule has 0 saturated carbocycles. The Balaban J connectivity index is 2.25. The molecule has 4 saturated heterocycles. The zero-order valence-electron chi connectivity index (χ0n) is 44.7. The highest BCUT2D eigenvalue weighted by atomic mass is 32.3. The van der Waals surface area contributed by atoms with E-state index in [1.807, 2.05) is 0 Å². The van der Waals surface area contributed by atoms with Crippen molar-refractivity contribution in [1.29, 1.82) is 0 Å². The van der Waals surface area contributed by atoms with Crippen molar-refractivity contribution in [2.75, 3.05) is 26.4 Å². The molecule has 0 aromatic carbocycles. The molecule has 0 aromatic rings. The molecule has 14 N–H and O–H groups in total. The van der Waals surface area contributed by atoms with Crippen molar-refractivity contribution in [2.24, 2.45) is 0 Å². The number of hydrogen-bond acceptors (Lipinski definition) is 47. The first-order valence-corrected chi connectivity index (χ1v) is 40.4. The molecule has 4 fully saturated rings. The summed E-state index contributed by atoms with van der Waals surface area (Å²) < 4.78 is 535. The van der Waals surface area contributed by atoms with E-state index in [0.29, 0.717) is 0 Å². The fourth-order valence-electron chi connectivity index (χ4n) is 8.18. The van der Waals surface area contributed by atoms with Crippen LogP contribution in [-0.4, -0.2) is 323 Å². The second-order valence-electron chi connectivity index (χ2n) is 17.7. The highest BCUT2D eigenvalue weighted by Gasteiger charge is 2.63. The van der Waals surface area contributed by atoms with Gasteiger partial charge in [0.05, 0.1) is 26.4 Å². The minimum Gasteiger partial charge on any atom is -0.366 e. The largest absolute Gasteiger partial charge is 0.397 e. The highest BCUT2D eigenvalue weighted by molar-refractivity contribution is 7.83. The van der Waals surface area contributed by atoms with E-state index in [1.165, 1.54) is 0 Å². The van der Waals surface area contributed by atoms with Gasteiger partial charge in [-0.2, -0.15) is 109 Å². The van der Waals surface area contributed by atoms with Crippen LogP contribution < -0.4 is 0 Å². The summed E-state index contributed by atoms with van der Waals surface area (Å²) in [6.45, 7) is -8.94. The molecular weight excluding hydrogens is 1670 g/mol. The Bertz CT molecular complexity index is 4320. The predicted octanol–water partition coefficient (Wildman–Crippen LogP) is -12.0. The number of aliphatic hydroxyl groups is 1. The summed E-state index contributed by atoms with van der Waals surface area (Å²) in [7, 11) is -83.4. The molecule has 0 spiro atoms. The van der Waals surface area contributed by atoms with Gasteiger partial charge in [0, 0.05) is 0 Å². The predicted molar refractivity (Wildman–Crippen MR) is 269 cm³/mol. The summed E-state index contributed by atoms with van der Waals surface area (Å²) in [5.41, 5.74) is 0. The van der Waals surface area contributed by atoms with Crippen LogP contribution >= 0.6 is 0 Å².